The van der Waals surface area contributed by atoms with Crippen molar-refractivity contribution in [1.29, 1.82) is 0 Å². The molecule has 1 heterocycles. The molecule has 2 aliphatic rings. The van der Waals surface area contributed by atoms with E-state index in [1.807, 2.05) is 6.92 Å². The van der Waals surface area contributed by atoms with Gasteiger partial charge < -0.3 is 10.6 Å². The predicted octanol–water partition coefficient (Wildman–Crippen LogP) is 1.79. The maximum absolute atomic E-state index is 12.6. The fourth-order valence-electron chi connectivity index (χ4n) is 3.34. The summed E-state index contributed by atoms with van der Waals surface area (Å²) >= 11 is 0. The highest BCUT2D eigenvalue weighted by molar-refractivity contribution is 6.09. The summed E-state index contributed by atoms with van der Waals surface area (Å²) in [4.78, 5) is 37.6. The van der Waals surface area contributed by atoms with Gasteiger partial charge >= 0.3 is 6.03 Å². The van der Waals surface area contributed by atoms with E-state index in [0.29, 0.717) is 25.3 Å². The average molecular weight is 309 g/mol. The first-order chi connectivity index (χ1) is 10.5. The lowest BCUT2D eigenvalue weighted by Crippen LogP contribution is -2.50. The number of imide groups is 1. The molecule has 1 saturated heterocycles. The molecule has 6 heteroatoms. The molecule has 22 heavy (non-hydrogen) atoms. The molecule has 0 radical (unpaired) electrons. The van der Waals surface area contributed by atoms with E-state index in [1.54, 1.807) is 0 Å². The summed E-state index contributed by atoms with van der Waals surface area (Å²) in [6.45, 7) is 4.61. The zero-order valence-corrected chi connectivity index (χ0v) is 13.6. The number of nitrogens with one attached hydrogen (secondary N) is 2. The molecule has 2 N–H and O–H groups in total. The van der Waals surface area contributed by atoms with Crippen LogP contribution in [0, 0.1) is 5.92 Å². The largest absolute Gasteiger partial charge is 0.355 e. The van der Waals surface area contributed by atoms with E-state index in [4.69, 9.17) is 0 Å². The second-order valence-electron chi connectivity index (χ2n) is 6.46. The summed E-state index contributed by atoms with van der Waals surface area (Å²) in [5.41, 5.74) is -0.757. The lowest BCUT2D eigenvalue weighted by Gasteiger charge is -2.34. The number of carbonyl (C=O) groups is 3. The molecule has 0 atom stereocenters. The fourth-order valence-corrected chi connectivity index (χ4v) is 3.34. The van der Waals surface area contributed by atoms with Gasteiger partial charge in [0.05, 0.1) is 0 Å². The molecule has 4 amide bonds. The van der Waals surface area contributed by atoms with Crippen LogP contribution in [0.3, 0.4) is 0 Å². The van der Waals surface area contributed by atoms with Crippen LogP contribution in [0.15, 0.2) is 0 Å². The van der Waals surface area contributed by atoms with Gasteiger partial charge in [-0.3, -0.25) is 14.5 Å². The van der Waals surface area contributed by atoms with Crippen LogP contribution in [0.5, 0.6) is 0 Å². The summed E-state index contributed by atoms with van der Waals surface area (Å²) < 4.78 is 0. The first kappa shape index (κ1) is 16.8. The minimum Gasteiger partial charge on any atom is -0.355 e. The van der Waals surface area contributed by atoms with Crippen LogP contribution in [-0.4, -0.2) is 41.4 Å². The number of hydrogen-bond donors (Lipinski definition) is 2. The highest BCUT2D eigenvalue weighted by atomic mass is 16.2. The molecule has 2 rings (SSSR count). The van der Waals surface area contributed by atoms with Crippen molar-refractivity contribution in [2.45, 2.75) is 64.3 Å². The van der Waals surface area contributed by atoms with Crippen LogP contribution in [0.25, 0.3) is 0 Å². The number of carbonyl (C=O) groups excluding carboxylic acids is 3. The summed E-state index contributed by atoms with van der Waals surface area (Å²) in [6.07, 6.45) is 6.29. The second kappa shape index (κ2) is 7.11. The molecule has 1 spiro atoms. The zero-order chi connectivity index (χ0) is 16.2. The van der Waals surface area contributed by atoms with E-state index in [0.717, 1.165) is 37.0 Å². The molecule has 2 fully saturated rings. The van der Waals surface area contributed by atoms with Crippen molar-refractivity contribution >= 4 is 17.8 Å². The van der Waals surface area contributed by atoms with E-state index in [2.05, 4.69) is 17.6 Å². The Morgan fingerprint density at radius 2 is 2.00 bits per heavy atom. The van der Waals surface area contributed by atoms with E-state index in [-0.39, 0.29) is 18.4 Å². The number of nitrogens with zero attached hydrogens (tertiary/aromatic N) is 1. The van der Waals surface area contributed by atoms with Crippen LogP contribution in [0.4, 0.5) is 4.79 Å². The maximum atomic E-state index is 12.6. The van der Waals surface area contributed by atoms with Gasteiger partial charge in [-0.15, -0.1) is 0 Å². The third-order valence-corrected chi connectivity index (χ3v) is 4.94. The number of hydrogen-bond acceptors (Lipinski definition) is 3. The molecule has 1 saturated carbocycles. The Hall–Kier alpha value is -1.59. The van der Waals surface area contributed by atoms with Gasteiger partial charge in [0.2, 0.25) is 5.91 Å². The molecule has 0 aromatic carbocycles. The third kappa shape index (κ3) is 3.42. The average Bonchev–Trinajstić information content (AvgIpc) is 2.73. The molecule has 1 aliphatic heterocycles. The molecular formula is C16H27N3O3. The van der Waals surface area contributed by atoms with Crippen LogP contribution >= 0.6 is 0 Å². The van der Waals surface area contributed by atoms with Crippen molar-refractivity contribution in [3.05, 3.63) is 0 Å². The van der Waals surface area contributed by atoms with Crippen LogP contribution < -0.4 is 10.6 Å². The predicted molar refractivity (Wildman–Crippen MR) is 83.1 cm³/mol. The maximum Gasteiger partial charge on any atom is 0.325 e. The van der Waals surface area contributed by atoms with Gasteiger partial charge in [-0.25, -0.2) is 4.79 Å². The fraction of sp³-hybridized carbons (Fsp3) is 0.812. The summed E-state index contributed by atoms with van der Waals surface area (Å²) in [5, 5.41) is 5.59. The van der Waals surface area contributed by atoms with Gasteiger partial charge in [0.1, 0.15) is 12.1 Å². The van der Waals surface area contributed by atoms with Crippen LogP contribution in [0.2, 0.25) is 0 Å². The second-order valence-corrected chi connectivity index (χ2v) is 6.46. The Morgan fingerprint density at radius 1 is 1.32 bits per heavy atom. The Bertz CT molecular complexity index is 442. The Kier molecular flexibility index (Phi) is 5.42. The van der Waals surface area contributed by atoms with Crippen molar-refractivity contribution < 1.29 is 14.4 Å². The van der Waals surface area contributed by atoms with Crippen LogP contribution in [0.1, 0.15) is 58.8 Å². The third-order valence-electron chi connectivity index (χ3n) is 4.94. The quantitative estimate of drug-likeness (QED) is 0.580. The highest BCUT2D eigenvalue weighted by Crippen LogP contribution is 2.37. The normalized spacial score (nSPS) is 28.1. The molecule has 0 bridgehead atoms. The van der Waals surface area contributed by atoms with E-state index < -0.39 is 11.6 Å². The number of rotatable bonds is 6. The van der Waals surface area contributed by atoms with Crippen molar-refractivity contribution in [3.8, 4) is 0 Å². The number of unbranched alkanes of at least 4 members (excludes halogenated alkanes) is 1. The van der Waals surface area contributed by atoms with Crippen molar-refractivity contribution in [1.82, 2.24) is 15.5 Å². The van der Waals surface area contributed by atoms with Crippen molar-refractivity contribution in [2.24, 2.45) is 5.92 Å². The highest BCUT2D eigenvalue weighted by Gasteiger charge is 2.52. The summed E-state index contributed by atoms with van der Waals surface area (Å²) in [7, 11) is 0. The van der Waals surface area contributed by atoms with Gasteiger partial charge in [0.15, 0.2) is 0 Å². The molecule has 1 aliphatic carbocycles. The first-order valence-electron chi connectivity index (χ1n) is 8.43. The molecule has 124 valence electrons. The number of urea groups is 1. The molecule has 0 aromatic heterocycles. The Labute approximate surface area is 132 Å². The van der Waals surface area contributed by atoms with E-state index in [1.165, 1.54) is 0 Å². The van der Waals surface area contributed by atoms with Crippen molar-refractivity contribution in [2.75, 3.05) is 13.1 Å². The van der Waals surface area contributed by atoms with Gasteiger partial charge in [-0.05, 0) is 38.0 Å². The van der Waals surface area contributed by atoms with E-state index in [9.17, 15) is 14.4 Å². The topological polar surface area (TPSA) is 78.5 Å². The zero-order valence-electron chi connectivity index (χ0n) is 13.6. The Morgan fingerprint density at radius 3 is 2.59 bits per heavy atom. The Balaban J connectivity index is 1.93. The lowest BCUT2D eigenvalue weighted by molar-refractivity contribution is -0.136. The van der Waals surface area contributed by atoms with E-state index >= 15 is 0 Å². The minimum atomic E-state index is -0.757. The number of amides is 4. The molecular weight excluding hydrogens is 282 g/mol. The molecule has 6 nitrogen and oxygen atoms in total. The van der Waals surface area contributed by atoms with Gasteiger partial charge in [0, 0.05) is 6.54 Å². The van der Waals surface area contributed by atoms with Crippen molar-refractivity contribution in [3.63, 3.8) is 0 Å². The monoisotopic (exact) mass is 309 g/mol. The van der Waals surface area contributed by atoms with Crippen LogP contribution in [-0.2, 0) is 9.59 Å². The van der Waals surface area contributed by atoms with Gasteiger partial charge in [0.25, 0.3) is 5.91 Å². The van der Waals surface area contributed by atoms with Gasteiger partial charge in [-0.2, -0.15) is 0 Å². The summed E-state index contributed by atoms with van der Waals surface area (Å²) in [5.74, 6) is 0.149. The standard InChI is InChI=1S/C16H27N3O3/c1-3-5-10-17-13(20)11-19-14(21)16(18-15(19)22)8-6-12(4-2)7-9-16/h12H,3-11H2,1-2H3,(H,17,20)(H,18,22). The minimum absolute atomic E-state index is 0.173. The smallest absolute Gasteiger partial charge is 0.325 e. The SMILES string of the molecule is CCCCNC(=O)CN1C(=O)NC2(CCC(CC)CC2)C1=O. The molecule has 0 aromatic rings. The van der Waals surface area contributed by atoms with Gasteiger partial charge in [-0.1, -0.05) is 26.7 Å². The first-order valence-corrected chi connectivity index (χ1v) is 8.43. The summed E-state index contributed by atoms with van der Waals surface area (Å²) in [6, 6.07) is -0.425. The molecule has 0 unspecified atom stereocenters. The lowest BCUT2D eigenvalue weighted by atomic mass is 9.75.